The fraction of sp³-hybridized carbons (Fsp3) is 0.293. The number of benzene rings is 4. The Labute approximate surface area is 322 Å². The van der Waals surface area contributed by atoms with Crippen LogP contribution in [0.25, 0.3) is 0 Å². The summed E-state index contributed by atoms with van der Waals surface area (Å²) in [5, 5.41) is 13.5. The molecule has 0 heterocycles. The second-order valence-electron chi connectivity index (χ2n) is 11.6. The van der Waals surface area contributed by atoms with Crippen LogP contribution in [0.5, 0.6) is 0 Å². The second-order valence-corrected chi connectivity index (χ2v) is 13.3. The normalized spacial score (nSPS) is 12.8. The lowest BCUT2D eigenvalue weighted by Gasteiger charge is -2.19. The van der Waals surface area contributed by atoms with E-state index in [-0.39, 0.29) is 44.8 Å². The summed E-state index contributed by atoms with van der Waals surface area (Å²) < 4.78 is 0. The van der Waals surface area contributed by atoms with Crippen LogP contribution in [-0.4, -0.2) is 23.8 Å². The van der Waals surface area contributed by atoms with Crippen molar-refractivity contribution in [3.63, 3.8) is 0 Å². The van der Waals surface area contributed by atoms with Crippen LogP contribution in [0.3, 0.4) is 0 Å². The van der Waals surface area contributed by atoms with Gasteiger partial charge in [0.15, 0.2) is 11.6 Å². The van der Waals surface area contributed by atoms with Gasteiger partial charge in [0, 0.05) is 55.5 Å². The number of rotatable bonds is 9. The molecule has 2 aliphatic carbocycles. The lowest BCUT2D eigenvalue weighted by atomic mass is 9.97. The van der Waals surface area contributed by atoms with Crippen LogP contribution in [0.4, 0.5) is 0 Å². The molecule has 51 heavy (non-hydrogen) atoms. The highest BCUT2D eigenvalue weighted by Gasteiger charge is 2.26. The number of halogens is 4. The zero-order valence-electron chi connectivity index (χ0n) is 26.9. The van der Waals surface area contributed by atoms with Gasteiger partial charge in [0.25, 0.3) is 0 Å². The van der Waals surface area contributed by atoms with Crippen LogP contribution in [-0.2, 0) is 4.79 Å². The molecule has 1 atom stereocenters. The van der Waals surface area contributed by atoms with Gasteiger partial charge in [0.05, 0.1) is 12.1 Å². The summed E-state index contributed by atoms with van der Waals surface area (Å²) in [7, 11) is 0. The Balaban J connectivity index is 0.000000409. The number of nitrogens with zero attached hydrogens (tertiary/aromatic N) is 1. The summed E-state index contributed by atoms with van der Waals surface area (Å²) >= 11 is 23.0. The molecule has 0 saturated heterocycles. The Kier molecular flexibility index (Phi) is 20.7. The largest absolute Gasteiger partial charge is 0.349 e. The van der Waals surface area contributed by atoms with Crippen molar-refractivity contribution in [1.29, 1.82) is 5.26 Å². The summed E-state index contributed by atoms with van der Waals surface area (Å²) in [5.41, 5.74) is 2.81. The smallest absolute Gasteiger partial charge is 0.220 e. The molecule has 0 aliphatic heterocycles. The number of ketones is 2. The molecule has 1 N–H and O–H groups in total. The van der Waals surface area contributed by atoms with E-state index in [4.69, 9.17) is 51.7 Å². The molecule has 1 amide bonds. The fourth-order valence-corrected chi connectivity index (χ4v) is 4.67. The predicted octanol–water partition coefficient (Wildman–Crippen LogP) is 12.1. The summed E-state index contributed by atoms with van der Waals surface area (Å²) in [6, 6.07) is 29.4. The molecule has 2 saturated carbocycles. The van der Waals surface area contributed by atoms with Gasteiger partial charge in [0.1, 0.15) is 6.29 Å². The average Bonchev–Trinajstić information content (AvgIpc) is 4.03. The molecule has 2 aliphatic rings. The van der Waals surface area contributed by atoms with Crippen molar-refractivity contribution in [2.24, 2.45) is 11.8 Å². The van der Waals surface area contributed by atoms with Gasteiger partial charge in [-0.1, -0.05) is 85.5 Å². The van der Waals surface area contributed by atoms with E-state index in [1.807, 2.05) is 12.1 Å². The summed E-state index contributed by atoms with van der Waals surface area (Å²) in [4.78, 5) is 45.6. The SMILES string of the molecule is C.C.CC(=O)c1ccc(Cl)cc1.N#CC1CC1.O=C(CC1CC1)NC(CC(=O)c1ccc(Cl)cc1)c1ccc(Cl)cc1.O=Cc1ccc(Cl)cc1. The third-order valence-electron chi connectivity index (χ3n) is 7.35. The minimum Gasteiger partial charge on any atom is -0.349 e. The molecule has 0 bridgehead atoms. The maximum atomic E-state index is 12.6. The van der Waals surface area contributed by atoms with Gasteiger partial charge in [-0.2, -0.15) is 5.26 Å². The molecule has 0 radical (unpaired) electrons. The Morgan fingerprint density at radius 3 is 1.53 bits per heavy atom. The number of amides is 1. The third kappa shape index (κ3) is 18.2. The molecule has 0 aromatic heterocycles. The Hall–Kier alpha value is -3.99. The zero-order chi connectivity index (χ0) is 35.8. The minimum absolute atomic E-state index is 0. The van der Waals surface area contributed by atoms with Crippen molar-refractivity contribution in [2.45, 2.75) is 66.3 Å². The highest BCUT2D eigenvalue weighted by atomic mass is 35.5. The van der Waals surface area contributed by atoms with E-state index in [0.717, 1.165) is 37.5 Å². The number of Topliss-reactive ketones (excluding diaryl/α,β-unsaturated/α-hetero) is 2. The van der Waals surface area contributed by atoms with Crippen LogP contribution in [0, 0.1) is 23.2 Å². The number of nitriles is 1. The van der Waals surface area contributed by atoms with E-state index in [9.17, 15) is 19.2 Å². The van der Waals surface area contributed by atoms with Crippen molar-refractivity contribution in [3.05, 3.63) is 139 Å². The first-order valence-electron chi connectivity index (χ1n) is 15.7. The second kappa shape index (κ2) is 23.5. The highest BCUT2D eigenvalue weighted by molar-refractivity contribution is 6.31. The number of nitrogens with one attached hydrogen (secondary N) is 1. The number of carbonyl (C=O) groups excluding carboxylic acids is 4. The van der Waals surface area contributed by atoms with E-state index >= 15 is 0 Å². The van der Waals surface area contributed by atoms with Crippen LogP contribution < -0.4 is 5.32 Å². The summed E-state index contributed by atoms with van der Waals surface area (Å²) in [6.07, 6.45) is 6.04. The first-order valence-corrected chi connectivity index (χ1v) is 17.2. The maximum absolute atomic E-state index is 12.6. The molecular weight excluding hydrogens is 726 g/mol. The standard InChI is InChI=1S/C20H19Cl2NO2.C8H7ClO.C7H5ClO.C4H5N.2CH4/c21-16-7-3-14(4-8-16)18(23-20(25)11-13-1-2-13)12-19(24)15-5-9-17(22)10-6-15;1-6(10)7-2-4-8(9)5-3-7;8-7-3-1-6(5-9)2-4-7;5-3-4-1-2-4;;/h3-10,13,18H,1-2,11-12H2,(H,23,25);2-5H,1H3;1-5H;4H,1-2H2;2*1H4. The van der Waals surface area contributed by atoms with Crippen LogP contribution in [0.15, 0.2) is 97.1 Å². The van der Waals surface area contributed by atoms with Gasteiger partial charge in [-0.25, -0.2) is 0 Å². The Bertz CT molecular complexity index is 1710. The maximum Gasteiger partial charge on any atom is 0.220 e. The summed E-state index contributed by atoms with van der Waals surface area (Å²) in [5.74, 6) is 0.958. The monoisotopic (exact) mass is 768 g/mol. The van der Waals surface area contributed by atoms with Gasteiger partial charge in [0.2, 0.25) is 5.91 Å². The molecule has 6 rings (SSSR count). The molecule has 4 aromatic rings. The highest BCUT2D eigenvalue weighted by Crippen LogP contribution is 2.33. The van der Waals surface area contributed by atoms with E-state index in [1.165, 1.54) is 6.92 Å². The molecule has 6 nitrogen and oxygen atoms in total. The van der Waals surface area contributed by atoms with Crippen molar-refractivity contribution in [1.82, 2.24) is 5.32 Å². The first-order chi connectivity index (χ1) is 23.5. The minimum atomic E-state index is -0.369. The Morgan fingerprint density at radius 2 is 1.16 bits per heavy atom. The number of hydrogen-bond acceptors (Lipinski definition) is 5. The lowest BCUT2D eigenvalue weighted by molar-refractivity contribution is -0.122. The van der Waals surface area contributed by atoms with Crippen LogP contribution in [0.1, 0.15) is 103 Å². The van der Waals surface area contributed by atoms with Crippen molar-refractivity contribution >= 4 is 70.2 Å². The molecule has 2 fully saturated rings. The topological polar surface area (TPSA) is 104 Å². The number of carbonyl (C=O) groups is 4. The predicted molar refractivity (Wildman–Crippen MR) is 210 cm³/mol. The van der Waals surface area contributed by atoms with Gasteiger partial charge in [-0.3, -0.25) is 19.2 Å². The van der Waals surface area contributed by atoms with Gasteiger partial charge < -0.3 is 5.32 Å². The van der Waals surface area contributed by atoms with Crippen molar-refractivity contribution < 1.29 is 19.2 Å². The Morgan fingerprint density at radius 1 is 0.725 bits per heavy atom. The molecule has 4 aromatic carbocycles. The molecule has 10 heteroatoms. The van der Waals surface area contributed by atoms with E-state index in [2.05, 4.69) is 11.4 Å². The van der Waals surface area contributed by atoms with Crippen molar-refractivity contribution in [2.75, 3.05) is 0 Å². The average molecular weight is 771 g/mol. The fourth-order valence-electron chi connectivity index (χ4n) is 4.16. The molecule has 0 spiro atoms. The first kappa shape index (κ1) is 45.0. The van der Waals surface area contributed by atoms with E-state index in [1.54, 1.807) is 84.9 Å². The summed E-state index contributed by atoms with van der Waals surface area (Å²) in [6.45, 7) is 1.53. The quantitative estimate of drug-likeness (QED) is 0.135. The third-order valence-corrected chi connectivity index (χ3v) is 8.36. The molecular formula is C41H44Cl4N2O4. The van der Waals surface area contributed by atoms with Gasteiger partial charge in [-0.05, 0) is 117 Å². The lowest BCUT2D eigenvalue weighted by Crippen LogP contribution is -2.30. The van der Waals surface area contributed by atoms with Crippen LogP contribution >= 0.6 is 46.4 Å². The number of aldehydes is 1. The van der Waals surface area contributed by atoms with Gasteiger partial charge >= 0.3 is 0 Å². The van der Waals surface area contributed by atoms with E-state index < -0.39 is 0 Å². The molecule has 1 unspecified atom stereocenters. The number of hydrogen-bond donors (Lipinski definition) is 1. The van der Waals surface area contributed by atoms with Crippen molar-refractivity contribution in [3.8, 4) is 6.07 Å². The zero-order valence-corrected chi connectivity index (χ0v) is 29.9. The van der Waals surface area contributed by atoms with E-state index in [0.29, 0.717) is 55.0 Å². The van der Waals surface area contributed by atoms with Crippen LogP contribution in [0.2, 0.25) is 20.1 Å². The van der Waals surface area contributed by atoms with Gasteiger partial charge in [-0.15, -0.1) is 0 Å². The molecule has 270 valence electrons.